The smallest absolute Gasteiger partial charge is 0.184 e. The molecule has 1 N–H and O–H groups in total. The number of benzene rings is 2. The summed E-state index contributed by atoms with van der Waals surface area (Å²) in [6, 6.07) is 13.2. The van der Waals surface area contributed by atoms with Crippen LogP contribution in [0.1, 0.15) is 50.5 Å². The minimum Gasteiger partial charge on any atom is -0.359 e. The molecule has 2 heterocycles. The monoisotopic (exact) mass is 453 g/mol. The number of rotatable bonds is 5. The summed E-state index contributed by atoms with van der Waals surface area (Å²) in [5.41, 5.74) is 3.09. The first-order chi connectivity index (χ1) is 15.1. The van der Waals surface area contributed by atoms with Crippen molar-refractivity contribution >= 4 is 49.2 Å². The van der Waals surface area contributed by atoms with Crippen LogP contribution < -0.4 is 5.32 Å². The van der Waals surface area contributed by atoms with Gasteiger partial charge in [0.2, 0.25) is 0 Å². The van der Waals surface area contributed by atoms with Crippen molar-refractivity contribution in [3.8, 4) is 0 Å². The van der Waals surface area contributed by atoms with Gasteiger partial charge in [0.25, 0.3) is 0 Å². The second-order valence-electron chi connectivity index (χ2n) is 8.67. The van der Waals surface area contributed by atoms with Crippen LogP contribution in [0.25, 0.3) is 21.1 Å². The fraction of sp³-hybridized carbons (Fsp3) is 0.360. The molecule has 0 bridgehead atoms. The van der Waals surface area contributed by atoms with Crippen molar-refractivity contribution in [3.05, 3.63) is 65.1 Å². The minimum absolute atomic E-state index is 0.188. The number of halogens is 2. The SMILES string of the molecule is CC(CC1CCC(c2ccnc3ccc(F)cc23)CC1)Nc1nc2cccc(Cl)c2s1. The van der Waals surface area contributed by atoms with Gasteiger partial charge in [-0.3, -0.25) is 4.98 Å². The molecule has 31 heavy (non-hydrogen) atoms. The highest BCUT2D eigenvalue weighted by Gasteiger charge is 2.25. The standard InChI is InChI=1S/C25H25ClFN3S/c1-15(29-25-30-23-4-2-3-21(26)24(23)31-25)13-16-5-7-17(8-6-16)19-11-12-28-22-10-9-18(27)14-20(19)22/h2-4,9-12,14-17H,5-8,13H2,1H3,(H,29,30). The van der Waals surface area contributed by atoms with E-state index in [1.165, 1.54) is 24.5 Å². The normalized spacial score (nSPS) is 20.2. The summed E-state index contributed by atoms with van der Waals surface area (Å²) < 4.78 is 14.9. The van der Waals surface area contributed by atoms with E-state index in [-0.39, 0.29) is 5.82 Å². The van der Waals surface area contributed by atoms with E-state index < -0.39 is 0 Å². The predicted octanol–water partition coefficient (Wildman–Crippen LogP) is 7.80. The van der Waals surface area contributed by atoms with Crippen LogP contribution in [0.5, 0.6) is 0 Å². The third-order valence-electron chi connectivity index (χ3n) is 6.45. The van der Waals surface area contributed by atoms with E-state index in [0.717, 1.165) is 50.5 Å². The molecule has 4 aromatic rings. The maximum atomic E-state index is 13.8. The number of fused-ring (bicyclic) bond motifs is 2. The lowest BCUT2D eigenvalue weighted by atomic mass is 9.76. The van der Waals surface area contributed by atoms with E-state index in [9.17, 15) is 4.39 Å². The van der Waals surface area contributed by atoms with Crippen LogP contribution >= 0.6 is 22.9 Å². The highest BCUT2D eigenvalue weighted by atomic mass is 35.5. The first-order valence-corrected chi connectivity index (χ1v) is 12.1. The maximum Gasteiger partial charge on any atom is 0.184 e. The topological polar surface area (TPSA) is 37.8 Å². The van der Waals surface area contributed by atoms with Crippen molar-refractivity contribution in [1.29, 1.82) is 0 Å². The van der Waals surface area contributed by atoms with Crippen LogP contribution in [-0.4, -0.2) is 16.0 Å². The van der Waals surface area contributed by atoms with Crippen molar-refractivity contribution < 1.29 is 4.39 Å². The molecule has 1 unspecified atom stereocenters. The van der Waals surface area contributed by atoms with Crippen LogP contribution in [0.4, 0.5) is 9.52 Å². The first-order valence-electron chi connectivity index (χ1n) is 10.9. The van der Waals surface area contributed by atoms with E-state index in [0.29, 0.717) is 17.9 Å². The molecule has 1 saturated carbocycles. The average molecular weight is 454 g/mol. The van der Waals surface area contributed by atoms with Crippen LogP contribution in [-0.2, 0) is 0 Å². The summed E-state index contributed by atoms with van der Waals surface area (Å²) in [5.74, 6) is 0.992. The Balaban J connectivity index is 1.21. The Morgan fingerprint density at radius 1 is 1.13 bits per heavy atom. The summed E-state index contributed by atoms with van der Waals surface area (Å²) in [6.07, 6.45) is 7.66. The number of aromatic nitrogens is 2. The number of hydrogen-bond donors (Lipinski definition) is 1. The molecule has 2 aromatic carbocycles. The minimum atomic E-state index is -0.188. The summed E-state index contributed by atoms with van der Waals surface area (Å²) in [5, 5.41) is 6.25. The van der Waals surface area contributed by atoms with Crippen molar-refractivity contribution in [3.63, 3.8) is 0 Å². The van der Waals surface area contributed by atoms with Crippen LogP contribution in [0.3, 0.4) is 0 Å². The van der Waals surface area contributed by atoms with Gasteiger partial charge in [0.1, 0.15) is 5.82 Å². The molecule has 0 saturated heterocycles. The second kappa shape index (κ2) is 8.71. The number of thiazole rings is 1. The quantitative estimate of drug-likeness (QED) is 0.335. The van der Waals surface area contributed by atoms with Crippen LogP contribution in [0.2, 0.25) is 5.02 Å². The van der Waals surface area contributed by atoms with Gasteiger partial charge in [-0.25, -0.2) is 9.37 Å². The van der Waals surface area contributed by atoms with Crippen LogP contribution in [0.15, 0.2) is 48.7 Å². The zero-order valence-corrected chi connectivity index (χ0v) is 19.0. The zero-order valence-electron chi connectivity index (χ0n) is 17.4. The largest absolute Gasteiger partial charge is 0.359 e. The average Bonchev–Trinajstić information content (AvgIpc) is 3.17. The molecule has 1 aliphatic carbocycles. The van der Waals surface area contributed by atoms with Crippen molar-refractivity contribution in [2.75, 3.05) is 5.32 Å². The fourth-order valence-corrected chi connectivity index (χ4v) is 6.22. The number of hydrogen-bond acceptors (Lipinski definition) is 4. The number of nitrogens with one attached hydrogen (secondary N) is 1. The van der Waals surface area contributed by atoms with Gasteiger partial charge < -0.3 is 5.32 Å². The molecular formula is C25H25ClFN3S. The molecule has 0 amide bonds. The third-order valence-corrected chi connectivity index (χ3v) is 7.91. The molecule has 6 heteroatoms. The molecule has 0 radical (unpaired) electrons. The molecule has 0 spiro atoms. The predicted molar refractivity (Wildman–Crippen MR) is 129 cm³/mol. The van der Waals surface area contributed by atoms with Crippen molar-refractivity contribution in [2.24, 2.45) is 5.92 Å². The Hall–Kier alpha value is -2.24. The number of anilines is 1. The van der Waals surface area contributed by atoms with Gasteiger partial charge in [-0.05, 0) is 92.8 Å². The first kappa shape index (κ1) is 20.7. The molecule has 1 fully saturated rings. The van der Waals surface area contributed by atoms with Gasteiger partial charge in [-0.2, -0.15) is 0 Å². The molecule has 3 nitrogen and oxygen atoms in total. The Bertz CT molecular complexity index is 1220. The van der Waals surface area contributed by atoms with E-state index in [1.807, 2.05) is 24.4 Å². The van der Waals surface area contributed by atoms with E-state index in [2.05, 4.69) is 28.3 Å². The van der Waals surface area contributed by atoms with Gasteiger partial charge >= 0.3 is 0 Å². The van der Waals surface area contributed by atoms with Gasteiger partial charge in [0.15, 0.2) is 5.13 Å². The fourth-order valence-electron chi connectivity index (χ4n) is 4.95. The Morgan fingerprint density at radius 2 is 1.97 bits per heavy atom. The van der Waals surface area contributed by atoms with E-state index >= 15 is 0 Å². The van der Waals surface area contributed by atoms with E-state index in [4.69, 9.17) is 11.6 Å². The molecule has 1 aliphatic rings. The number of pyridine rings is 1. The lowest BCUT2D eigenvalue weighted by Crippen LogP contribution is -2.22. The Kier molecular flexibility index (Phi) is 5.81. The third kappa shape index (κ3) is 4.39. The Morgan fingerprint density at radius 3 is 2.77 bits per heavy atom. The Labute approximate surface area is 190 Å². The molecule has 2 aromatic heterocycles. The lowest BCUT2D eigenvalue weighted by molar-refractivity contribution is 0.302. The highest BCUT2D eigenvalue weighted by Crippen LogP contribution is 2.40. The van der Waals surface area contributed by atoms with Crippen molar-refractivity contribution in [2.45, 2.75) is 51.0 Å². The molecule has 0 aliphatic heterocycles. The summed E-state index contributed by atoms with van der Waals surface area (Å²) >= 11 is 7.91. The summed E-state index contributed by atoms with van der Waals surface area (Å²) in [6.45, 7) is 2.24. The second-order valence-corrected chi connectivity index (χ2v) is 10.1. The summed E-state index contributed by atoms with van der Waals surface area (Å²) in [4.78, 5) is 9.09. The van der Waals surface area contributed by atoms with E-state index in [1.54, 1.807) is 23.5 Å². The molecular weight excluding hydrogens is 429 g/mol. The molecule has 160 valence electrons. The zero-order chi connectivity index (χ0) is 21.4. The molecule has 1 atom stereocenters. The lowest BCUT2D eigenvalue weighted by Gasteiger charge is -2.31. The van der Waals surface area contributed by atoms with Gasteiger partial charge in [-0.15, -0.1) is 0 Å². The van der Waals surface area contributed by atoms with Crippen molar-refractivity contribution in [1.82, 2.24) is 9.97 Å². The molecule has 5 rings (SSSR count). The summed E-state index contributed by atoms with van der Waals surface area (Å²) in [7, 11) is 0. The van der Waals surface area contributed by atoms with Gasteiger partial charge in [-0.1, -0.05) is 29.0 Å². The van der Waals surface area contributed by atoms with Gasteiger partial charge in [0.05, 0.1) is 20.8 Å². The van der Waals surface area contributed by atoms with Gasteiger partial charge in [0, 0.05) is 17.6 Å². The van der Waals surface area contributed by atoms with Crippen LogP contribution in [0, 0.1) is 11.7 Å². The highest BCUT2D eigenvalue weighted by molar-refractivity contribution is 7.22. The maximum absolute atomic E-state index is 13.8. The number of nitrogens with zero attached hydrogens (tertiary/aromatic N) is 2.